The molecule has 1 saturated heterocycles. The first-order chi connectivity index (χ1) is 17.5. The monoisotopic (exact) mass is 670 g/mol. The van der Waals surface area contributed by atoms with Gasteiger partial charge in [-0.1, -0.05) is 58.4 Å². The Labute approximate surface area is 235 Å². The van der Waals surface area contributed by atoms with Gasteiger partial charge in [0.1, 0.15) is 6.61 Å². The minimum atomic E-state index is -0.180. The Hall–Kier alpha value is -2.82. The molecule has 1 heterocycles. The first kappa shape index (κ1) is 24.9. The van der Waals surface area contributed by atoms with Gasteiger partial charge in [0.15, 0.2) is 16.7 Å². The van der Waals surface area contributed by atoms with E-state index >= 15 is 0 Å². The number of amides is 1. The second-order valence-corrected chi connectivity index (χ2v) is 11.0. The van der Waals surface area contributed by atoms with Gasteiger partial charge < -0.3 is 14.8 Å². The highest BCUT2D eigenvalue weighted by Crippen LogP contribution is 2.37. The number of aliphatic imine (C=N–C) groups is 1. The molecule has 1 fully saturated rings. The molecule has 1 N–H and O–H groups in total. The quantitative estimate of drug-likeness (QED) is 0.169. The van der Waals surface area contributed by atoms with Crippen molar-refractivity contribution in [1.29, 1.82) is 0 Å². The van der Waals surface area contributed by atoms with Crippen molar-refractivity contribution in [3.63, 3.8) is 0 Å². The van der Waals surface area contributed by atoms with E-state index in [0.717, 1.165) is 24.9 Å². The van der Waals surface area contributed by atoms with Crippen LogP contribution in [0.1, 0.15) is 11.1 Å². The summed E-state index contributed by atoms with van der Waals surface area (Å²) in [6.07, 6.45) is 1.84. The maximum absolute atomic E-state index is 12.6. The van der Waals surface area contributed by atoms with Crippen LogP contribution in [0, 0.1) is 3.57 Å². The summed E-state index contributed by atoms with van der Waals surface area (Å²) in [6, 6.07) is 25.9. The molecule has 5 nitrogen and oxygen atoms in total. The molecule has 0 unspecified atom stereocenters. The maximum atomic E-state index is 12.6. The van der Waals surface area contributed by atoms with Gasteiger partial charge in [-0.3, -0.25) is 4.79 Å². The number of rotatable bonds is 6. The van der Waals surface area contributed by atoms with Crippen molar-refractivity contribution in [1.82, 2.24) is 5.32 Å². The third-order valence-corrected chi connectivity index (χ3v) is 7.75. The van der Waals surface area contributed by atoms with Crippen molar-refractivity contribution in [2.24, 2.45) is 4.99 Å². The lowest BCUT2D eigenvalue weighted by Crippen LogP contribution is -2.19. The van der Waals surface area contributed by atoms with E-state index in [4.69, 9.17) is 9.47 Å². The summed E-state index contributed by atoms with van der Waals surface area (Å²) in [5.74, 6) is 1.11. The molecule has 0 aromatic heterocycles. The number of ether oxygens (including phenoxy) is 2. The number of hydrogen-bond donors (Lipinski definition) is 1. The topological polar surface area (TPSA) is 59.9 Å². The lowest BCUT2D eigenvalue weighted by atomic mass is 10.1. The van der Waals surface area contributed by atoms with E-state index in [0.29, 0.717) is 28.2 Å². The van der Waals surface area contributed by atoms with E-state index in [1.165, 1.54) is 22.5 Å². The third kappa shape index (κ3) is 5.61. The lowest BCUT2D eigenvalue weighted by molar-refractivity contribution is -0.115. The number of amidine groups is 1. The van der Waals surface area contributed by atoms with Crippen LogP contribution in [0.3, 0.4) is 0 Å². The van der Waals surface area contributed by atoms with Crippen molar-refractivity contribution in [3.8, 4) is 11.5 Å². The van der Waals surface area contributed by atoms with Gasteiger partial charge in [-0.15, -0.1) is 0 Å². The fourth-order valence-corrected chi connectivity index (χ4v) is 5.68. The SMILES string of the molecule is COc1cc(/C=C2/SC(=Nc3ccc(Br)cc3)NC2=O)cc(I)c1OCc1cccc2ccccc12. The Morgan fingerprint density at radius 1 is 1.06 bits per heavy atom. The molecule has 180 valence electrons. The Morgan fingerprint density at radius 3 is 2.64 bits per heavy atom. The number of nitrogens with zero attached hydrogens (tertiary/aromatic N) is 1. The molecule has 36 heavy (non-hydrogen) atoms. The van der Waals surface area contributed by atoms with Gasteiger partial charge in [-0.2, -0.15) is 0 Å². The number of nitrogens with one attached hydrogen (secondary N) is 1. The zero-order chi connectivity index (χ0) is 25.1. The molecule has 4 aromatic carbocycles. The first-order valence-electron chi connectivity index (χ1n) is 11.0. The second kappa shape index (κ2) is 11.1. The van der Waals surface area contributed by atoms with Gasteiger partial charge in [0, 0.05) is 4.47 Å². The zero-order valence-corrected chi connectivity index (χ0v) is 23.7. The highest BCUT2D eigenvalue weighted by Gasteiger charge is 2.24. The van der Waals surface area contributed by atoms with Gasteiger partial charge in [0.05, 0.1) is 21.3 Å². The molecule has 8 heteroatoms. The zero-order valence-electron chi connectivity index (χ0n) is 19.1. The molecular formula is C28H20BrIN2O3S. The fraction of sp³-hybridized carbons (Fsp3) is 0.0714. The summed E-state index contributed by atoms with van der Waals surface area (Å²) in [4.78, 5) is 17.6. The molecule has 0 atom stereocenters. The van der Waals surface area contributed by atoms with Crippen LogP contribution in [0.4, 0.5) is 5.69 Å². The van der Waals surface area contributed by atoms with E-state index in [1.54, 1.807) is 7.11 Å². The van der Waals surface area contributed by atoms with Crippen LogP contribution in [-0.4, -0.2) is 18.2 Å². The second-order valence-electron chi connectivity index (χ2n) is 7.92. The van der Waals surface area contributed by atoms with Crippen molar-refractivity contribution in [3.05, 3.63) is 103 Å². The third-order valence-electron chi connectivity index (χ3n) is 5.51. The number of hydrogen-bond acceptors (Lipinski definition) is 5. The molecule has 5 rings (SSSR count). The summed E-state index contributed by atoms with van der Waals surface area (Å²) in [7, 11) is 1.62. The average molecular weight is 671 g/mol. The van der Waals surface area contributed by atoms with E-state index < -0.39 is 0 Å². The summed E-state index contributed by atoms with van der Waals surface area (Å²) in [5, 5.41) is 5.72. The van der Waals surface area contributed by atoms with Gasteiger partial charge in [-0.25, -0.2) is 4.99 Å². The van der Waals surface area contributed by atoms with Crippen LogP contribution in [0.5, 0.6) is 11.5 Å². The number of thioether (sulfide) groups is 1. The first-order valence-corrected chi connectivity index (χ1v) is 13.7. The molecule has 0 aliphatic carbocycles. The van der Waals surface area contributed by atoms with Crippen molar-refractivity contribution >= 4 is 83.9 Å². The number of fused-ring (bicyclic) bond motifs is 1. The van der Waals surface area contributed by atoms with Gasteiger partial charge >= 0.3 is 0 Å². The van der Waals surface area contributed by atoms with E-state index in [2.05, 4.69) is 73.1 Å². The minimum Gasteiger partial charge on any atom is -0.493 e. The van der Waals surface area contributed by atoms with Crippen molar-refractivity contribution < 1.29 is 14.3 Å². The Kier molecular flexibility index (Phi) is 7.64. The van der Waals surface area contributed by atoms with Gasteiger partial charge in [-0.05, 0) is 98.7 Å². The fourth-order valence-electron chi connectivity index (χ4n) is 3.80. The standard InChI is InChI=1S/C28H20BrIN2O3S/c1-34-24-14-17(15-25-27(33)32-28(36-25)31-21-11-9-20(29)10-12-21)13-23(30)26(24)35-16-19-7-4-6-18-5-2-3-8-22(18)19/h2-15H,16H2,1H3,(H,31,32,33)/b25-15+. The van der Waals surface area contributed by atoms with E-state index in [-0.39, 0.29) is 5.91 Å². The van der Waals surface area contributed by atoms with Crippen LogP contribution >= 0.6 is 50.3 Å². The largest absolute Gasteiger partial charge is 0.493 e. The Balaban J connectivity index is 1.36. The number of halogens is 2. The van der Waals surface area contributed by atoms with Crippen molar-refractivity contribution in [2.75, 3.05) is 7.11 Å². The number of carbonyl (C=O) groups is 1. The summed E-state index contributed by atoms with van der Waals surface area (Å²) in [6.45, 7) is 0.419. The van der Waals surface area contributed by atoms with Gasteiger partial charge in [0.2, 0.25) is 0 Å². The predicted molar refractivity (Wildman–Crippen MR) is 159 cm³/mol. The molecule has 1 aliphatic heterocycles. The highest BCUT2D eigenvalue weighted by molar-refractivity contribution is 14.1. The van der Waals surface area contributed by atoms with Crippen LogP contribution in [0.2, 0.25) is 0 Å². The minimum absolute atomic E-state index is 0.180. The molecule has 0 spiro atoms. The van der Waals surface area contributed by atoms with Crippen molar-refractivity contribution in [2.45, 2.75) is 6.61 Å². The molecular weight excluding hydrogens is 651 g/mol. The summed E-state index contributed by atoms with van der Waals surface area (Å²) < 4.78 is 13.8. The van der Waals surface area contributed by atoms with Crippen LogP contribution in [-0.2, 0) is 11.4 Å². The molecule has 1 aliphatic rings. The number of carbonyl (C=O) groups excluding carboxylic acids is 1. The highest BCUT2D eigenvalue weighted by atomic mass is 127. The Bertz CT molecular complexity index is 1510. The molecule has 0 radical (unpaired) electrons. The summed E-state index contributed by atoms with van der Waals surface area (Å²) >= 11 is 6.96. The maximum Gasteiger partial charge on any atom is 0.264 e. The van der Waals surface area contributed by atoms with Crippen LogP contribution in [0.15, 0.2) is 93.2 Å². The molecule has 1 amide bonds. The number of methoxy groups -OCH3 is 1. The van der Waals surface area contributed by atoms with Gasteiger partial charge in [0.25, 0.3) is 5.91 Å². The van der Waals surface area contributed by atoms with E-state index in [1.807, 2.05) is 60.7 Å². The molecule has 4 aromatic rings. The smallest absolute Gasteiger partial charge is 0.264 e. The van der Waals surface area contributed by atoms with Crippen LogP contribution in [0.25, 0.3) is 16.8 Å². The lowest BCUT2D eigenvalue weighted by Gasteiger charge is -2.15. The molecule has 0 bridgehead atoms. The Morgan fingerprint density at radius 2 is 1.83 bits per heavy atom. The molecule has 0 saturated carbocycles. The predicted octanol–water partition coefficient (Wildman–Crippen LogP) is 7.69. The average Bonchev–Trinajstić information content (AvgIpc) is 3.22. The van der Waals surface area contributed by atoms with E-state index in [9.17, 15) is 4.79 Å². The number of benzene rings is 4. The normalized spacial score (nSPS) is 15.5. The summed E-state index contributed by atoms with van der Waals surface area (Å²) in [5.41, 5.74) is 2.72. The van der Waals surface area contributed by atoms with Crippen LogP contribution < -0.4 is 14.8 Å².